The van der Waals surface area contributed by atoms with Crippen LogP contribution in [0, 0.1) is 0 Å². The zero-order chi connectivity index (χ0) is 12.3. The molecule has 0 bridgehead atoms. The monoisotopic (exact) mass is 232 g/mol. The van der Waals surface area contributed by atoms with Gasteiger partial charge in [-0.05, 0) is 17.7 Å². The summed E-state index contributed by atoms with van der Waals surface area (Å²) in [5.41, 5.74) is 6.78. The number of guanidine groups is 1. The largest absolute Gasteiger partial charge is 0.366 e. The standard InChI is InChI=1S/C12H16N4O/c1-16-6-5-14-12(16)15-8-9-3-2-4-10(7-9)11(13)17/h2-4,7H,5-6,8H2,1H3,(H2,13,17)(H,14,15). The van der Waals surface area contributed by atoms with E-state index in [1.54, 1.807) is 12.1 Å². The third-order valence-corrected chi connectivity index (χ3v) is 2.72. The number of nitrogens with zero attached hydrogens (tertiary/aromatic N) is 2. The lowest BCUT2D eigenvalue weighted by Gasteiger charge is -2.15. The molecule has 5 nitrogen and oxygen atoms in total. The Balaban J connectivity index is 1.99. The quantitative estimate of drug-likeness (QED) is 0.780. The van der Waals surface area contributed by atoms with Crippen molar-refractivity contribution >= 4 is 11.9 Å². The Kier molecular flexibility index (Phi) is 3.27. The van der Waals surface area contributed by atoms with E-state index in [1.165, 1.54) is 0 Å². The third-order valence-electron chi connectivity index (χ3n) is 2.72. The van der Waals surface area contributed by atoms with Gasteiger partial charge in [-0.1, -0.05) is 12.1 Å². The maximum absolute atomic E-state index is 11.0. The predicted octanol–water partition coefficient (Wildman–Crippen LogP) is 0.176. The molecule has 90 valence electrons. The minimum Gasteiger partial charge on any atom is -0.366 e. The van der Waals surface area contributed by atoms with Crippen LogP contribution in [0.2, 0.25) is 0 Å². The van der Waals surface area contributed by atoms with Crippen LogP contribution in [0.3, 0.4) is 0 Å². The summed E-state index contributed by atoms with van der Waals surface area (Å²) in [7, 11) is 2.00. The van der Waals surface area contributed by atoms with Crippen LogP contribution in [-0.2, 0) is 6.54 Å². The van der Waals surface area contributed by atoms with Crippen LogP contribution in [0.4, 0.5) is 0 Å². The molecule has 0 saturated heterocycles. The summed E-state index contributed by atoms with van der Waals surface area (Å²) in [5.74, 6) is 0.497. The van der Waals surface area contributed by atoms with Crippen LogP contribution < -0.4 is 11.1 Å². The van der Waals surface area contributed by atoms with Crippen molar-refractivity contribution in [1.29, 1.82) is 0 Å². The van der Waals surface area contributed by atoms with Crippen molar-refractivity contribution in [3.05, 3.63) is 35.4 Å². The van der Waals surface area contributed by atoms with Crippen molar-refractivity contribution in [3.8, 4) is 0 Å². The minimum absolute atomic E-state index is 0.401. The average Bonchev–Trinajstić information content (AvgIpc) is 2.72. The molecule has 1 aliphatic rings. The first kappa shape index (κ1) is 11.4. The van der Waals surface area contributed by atoms with E-state index in [2.05, 4.69) is 15.2 Å². The molecule has 0 saturated carbocycles. The number of aliphatic imine (C=N–C) groups is 1. The molecule has 0 unspecified atom stereocenters. The molecule has 0 aliphatic carbocycles. The number of carbonyl (C=O) groups is 1. The fourth-order valence-electron chi connectivity index (χ4n) is 1.74. The first-order valence-corrected chi connectivity index (χ1v) is 5.55. The number of benzene rings is 1. The Morgan fingerprint density at radius 1 is 1.59 bits per heavy atom. The number of likely N-dealkylation sites (N-methyl/N-ethyl adjacent to an activating group) is 1. The minimum atomic E-state index is -0.401. The second-order valence-corrected chi connectivity index (χ2v) is 4.05. The molecule has 0 fully saturated rings. The van der Waals surface area contributed by atoms with Crippen LogP contribution in [0.15, 0.2) is 29.3 Å². The summed E-state index contributed by atoms with van der Waals surface area (Å²) in [4.78, 5) is 17.4. The van der Waals surface area contributed by atoms with Crippen molar-refractivity contribution in [1.82, 2.24) is 10.2 Å². The fraction of sp³-hybridized carbons (Fsp3) is 0.333. The normalized spacial score (nSPS) is 14.6. The first-order valence-electron chi connectivity index (χ1n) is 5.55. The Morgan fingerprint density at radius 3 is 3.06 bits per heavy atom. The molecular formula is C12H16N4O. The Morgan fingerprint density at radius 2 is 2.41 bits per heavy atom. The second kappa shape index (κ2) is 4.86. The van der Waals surface area contributed by atoms with Gasteiger partial charge < -0.3 is 16.0 Å². The highest BCUT2D eigenvalue weighted by molar-refractivity contribution is 5.92. The van der Waals surface area contributed by atoms with Crippen molar-refractivity contribution in [2.45, 2.75) is 6.54 Å². The van der Waals surface area contributed by atoms with Crippen molar-refractivity contribution < 1.29 is 4.79 Å². The zero-order valence-corrected chi connectivity index (χ0v) is 9.81. The molecule has 5 heteroatoms. The van der Waals surface area contributed by atoms with Crippen molar-refractivity contribution in [3.63, 3.8) is 0 Å². The molecule has 1 aromatic carbocycles. The fourth-order valence-corrected chi connectivity index (χ4v) is 1.74. The summed E-state index contributed by atoms with van der Waals surface area (Å²) in [5, 5.41) is 3.24. The maximum Gasteiger partial charge on any atom is 0.248 e. The van der Waals surface area contributed by atoms with Crippen molar-refractivity contribution in [2.24, 2.45) is 10.7 Å². The van der Waals surface area contributed by atoms with Gasteiger partial charge in [-0.15, -0.1) is 0 Å². The number of hydrogen-bond donors (Lipinski definition) is 2. The SMILES string of the molecule is CN1CCN=C1NCc1cccc(C(N)=O)c1. The lowest BCUT2D eigenvalue weighted by Crippen LogP contribution is -2.35. The first-order chi connectivity index (χ1) is 8.16. The van der Waals surface area contributed by atoms with Gasteiger partial charge in [0.2, 0.25) is 5.91 Å². The molecule has 0 atom stereocenters. The molecule has 1 aliphatic heterocycles. The molecule has 0 aromatic heterocycles. The number of hydrogen-bond acceptors (Lipinski definition) is 4. The number of primary amides is 1. The summed E-state index contributed by atoms with van der Waals surface area (Å²) >= 11 is 0. The zero-order valence-electron chi connectivity index (χ0n) is 9.81. The number of carbonyl (C=O) groups excluding carboxylic acids is 1. The molecule has 17 heavy (non-hydrogen) atoms. The van der Waals surface area contributed by atoms with E-state index in [4.69, 9.17) is 5.73 Å². The number of rotatable bonds is 3. The van der Waals surface area contributed by atoms with Gasteiger partial charge in [0, 0.05) is 25.7 Å². The molecule has 1 aromatic rings. The highest BCUT2D eigenvalue weighted by Crippen LogP contribution is 2.05. The van der Waals surface area contributed by atoms with E-state index >= 15 is 0 Å². The summed E-state index contributed by atoms with van der Waals surface area (Å²) in [6.07, 6.45) is 0. The van der Waals surface area contributed by atoms with Gasteiger partial charge in [-0.3, -0.25) is 9.79 Å². The Hall–Kier alpha value is -2.04. The lowest BCUT2D eigenvalue weighted by atomic mass is 10.1. The van der Waals surface area contributed by atoms with E-state index < -0.39 is 5.91 Å². The van der Waals surface area contributed by atoms with Crippen molar-refractivity contribution in [2.75, 3.05) is 20.1 Å². The number of nitrogens with one attached hydrogen (secondary N) is 1. The highest BCUT2D eigenvalue weighted by Gasteiger charge is 2.11. The summed E-state index contributed by atoms with van der Waals surface area (Å²) < 4.78 is 0. The second-order valence-electron chi connectivity index (χ2n) is 4.05. The molecule has 0 radical (unpaired) electrons. The van der Waals surface area contributed by atoms with Crippen LogP contribution in [0.25, 0.3) is 0 Å². The van der Waals surface area contributed by atoms with Crippen LogP contribution in [0.5, 0.6) is 0 Å². The van der Waals surface area contributed by atoms with E-state index in [1.807, 2.05) is 19.2 Å². The van der Waals surface area contributed by atoms with E-state index in [-0.39, 0.29) is 0 Å². The number of amides is 1. The molecular weight excluding hydrogens is 216 g/mol. The third kappa shape index (κ3) is 2.75. The molecule has 1 amide bonds. The van der Waals surface area contributed by atoms with E-state index in [0.29, 0.717) is 12.1 Å². The van der Waals surface area contributed by atoms with Crippen LogP contribution in [-0.4, -0.2) is 36.9 Å². The Bertz CT molecular complexity index is 456. The molecule has 3 N–H and O–H groups in total. The van der Waals surface area contributed by atoms with Crippen LogP contribution in [0.1, 0.15) is 15.9 Å². The van der Waals surface area contributed by atoms with Gasteiger partial charge in [0.05, 0.1) is 6.54 Å². The van der Waals surface area contributed by atoms with E-state index in [9.17, 15) is 4.79 Å². The Labute approximate surface area is 100 Å². The molecule has 2 rings (SSSR count). The smallest absolute Gasteiger partial charge is 0.248 e. The lowest BCUT2D eigenvalue weighted by molar-refractivity contribution is 0.1000. The van der Waals surface area contributed by atoms with Gasteiger partial charge in [0.15, 0.2) is 5.96 Å². The van der Waals surface area contributed by atoms with Gasteiger partial charge in [-0.2, -0.15) is 0 Å². The summed E-state index contributed by atoms with van der Waals surface area (Å²) in [6.45, 7) is 2.42. The maximum atomic E-state index is 11.0. The van der Waals surface area contributed by atoms with Gasteiger partial charge >= 0.3 is 0 Å². The number of nitrogens with two attached hydrogens (primary N) is 1. The van der Waals surface area contributed by atoms with Gasteiger partial charge in [0.25, 0.3) is 0 Å². The van der Waals surface area contributed by atoms with E-state index in [0.717, 1.165) is 24.6 Å². The van der Waals surface area contributed by atoms with Crippen LogP contribution >= 0.6 is 0 Å². The van der Waals surface area contributed by atoms with Gasteiger partial charge in [0.1, 0.15) is 0 Å². The summed E-state index contributed by atoms with van der Waals surface area (Å²) in [6, 6.07) is 7.29. The topological polar surface area (TPSA) is 70.7 Å². The molecule has 1 heterocycles. The average molecular weight is 232 g/mol. The predicted molar refractivity (Wildman–Crippen MR) is 66.7 cm³/mol. The van der Waals surface area contributed by atoms with Gasteiger partial charge in [-0.25, -0.2) is 0 Å². The highest BCUT2D eigenvalue weighted by atomic mass is 16.1. The molecule has 0 spiro atoms.